The Morgan fingerprint density at radius 2 is 1.94 bits per heavy atom. The summed E-state index contributed by atoms with van der Waals surface area (Å²) in [6.07, 6.45) is 6.43. The summed E-state index contributed by atoms with van der Waals surface area (Å²) in [5.74, 6) is -0.217. The number of sulfonamides is 1. The summed E-state index contributed by atoms with van der Waals surface area (Å²) in [5, 5.41) is 1.34. The van der Waals surface area contributed by atoms with Crippen LogP contribution in [-0.2, 0) is 26.1 Å². The van der Waals surface area contributed by atoms with Crippen molar-refractivity contribution < 1.29 is 17.9 Å². The summed E-state index contributed by atoms with van der Waals surface area (Å²) < 4.78 is 35.4. The van der Waals surface area contributed by atoms with Crippen LogP contribution in [0.3, 0.4) is 0 Å². The zero-order valence-corrected chi connectivity index (χ0v) is 20.1. The van der Waals surface area contributed by atoms with Crippen molar-refractivity contribution in [1.29, 1.82) is 0 Å². The topological polar surface area (TPSA) is 90.3 Å². The maximum Gasteiger partial charge on any atom is 0.305 e. The fourth-order valence-electron chi connectivity index (χ4n) is 3.75. The molecule has 0 aliphatic rings. The Labute approximate surface area is 203 Å². The number of carbonyl (C=O) groups excluding carboxylic acids is 1. The highest BCUT2D eigenvalue weighted by Gasteiger charge is 2.17. The van der Waals surface area contributed by atoms with Gasteiger partial charge in [-0.2, -0.15) is 0 Å². The van der Waals surface area contributed by atoms with Crippen molar-refractivity contribution in [2.75, 3.05) is 11.3 Å². The second-order valence-electron chi connectivity index (χ2n) is 7.68. The Bertz CT molecular complexity index is 1400. The van der Waals surface area contributed by atoms with E-state index in [2.05, 4.69) is 14.3 Å². The predicted molar refractivity (Wildman–Crippen MR) is 133 cm³/mol. The molecular formula is C25H24ClN3O4S. The van der Waals surface area contributed by atoms with Crippen LogP contribution in [0.4, 0.5) is 5.69 Å². The van der Waals surface area contributed by atoms with Crippen molar-refractivity contribution >= 4 is 44.2 Å². The van der Waals surface area contributed by atoms with Gasteiger partial charge in [-0.05, 0) is 61.9 Å². The zero-order valence-electron chi connectivity index (χ0n) is 18.6. The van der Waals surface area contributed by atoms with Gasteiger partial charge in [-0.1, -0.05) is 17.7 Å². The summed E-state index contributed by atoms with van der Waals surface area (Å²) in [7, 11) is -3.78. The quantitative estimate of drug-likeness (QED) is 0.308. The minimum absolute atomic E-state index is 0.126. The van der Waals surface area contributed by atoms with E-state index in [9.17, 15) is 13.2 Å². The molecule has 4 rings (SSSR count). The molecule has 4 aromatic rings. The van der Waals surface area contributed by atoms with Crippen LogP contribution in [0.25, 0.3) is 22.0 Å². The number of carbonyl (C=O) groups is 1. The number of anilines is 1. The molecule has 0 saturated carbocycles. The van der Waals surface area contributed by atoms with Crippen molar-refractivity contribution in [1.82, 2.24) is 9.55 Å². The van der Waals surface area contributed by atoms with E-state index in [4.69, 9.17) is 16.3 Å². The van der Waals surface area contributed by atoms with Gasteiger partial charge in [-0.3, -0.25) is 14.5 Å². The van der Waals surface area contributed by atoms with Gasteiger partial charge >= 0.3 is 5.97 Å². The molecule has 0 spiro atoms. The second-order valence-corrected chi connectivity index (χ2v) is 9.80. The highest BCUT2D eigenvalue weighted by molar-refractivity contribution is 7.92. The van der Waals surface area contributed by atoms with E-state index in [1.165, 1.54) is 24.3 Å². The standard InChI is InChI=1S/C25H24ClN3O4S/c1-2-33-25(30)6-4-14-29-17-23(18-5-3-13-27-16-18)22-15-20(9-12-24(22)29)28-34(31,32)21-10-7-19(26)8-11-21/h3,5,7-13,15-17,28H,2,4,6,14H2,1H3. The van der Waals surface area contributed by atoms with Gasteiger partial charge in [-0.15, -0.1) is 0 Å². The zero-order chi connectivity index (χ0) is 24.1. The average Bonchev–Trinajstić information content (AvgIpc) is 3.18. The van der Waals surface area contributed by atoms with Gasteiger partial charge in [0.2, 0.25) is 0 Å². The number of benzene rings is 2. The Balaban J connectivity index is 1.67. The number of hydrogen-bond donors (Lipinski definition) is 1. The fraction of sp³-hybridized carbons (Fsp3) is 0.200. The molecule has 2 aromatic carbocycles. The minimum atomic E-state index is -3.78. The smallest absolute Gasteiger partial charge is 0.305 e. The molecule has 0 bridgehead atoms. The summed E-state index contributed by atoms with van der Waals surface area (Å²) in [5.41, 5.74) is 3.20. The first-order valence-electron chi connectivity index (χ1n) is 10.8. The van der Waals surface area contributed by atoms with Crippen molar-refractivity contribution in [3.05, 3.63) is 78.2 Å². The highest BCUT2D eigenvalue weighted by Crippen LogP contribution is 2.33. The van der Waals surface area contributed by atoms with Gasteiger partial charge in [-0.25, -0.2) is 8.42 Å². The molecule has 0 aliphatic carbocycles. The van der Waals surface area contributed by atoms with E-state index in [1.54, 1.807) is 25.4 Å². The summed E-state index contributed by atoms with van der Waals surface area (Å²) >= 11 is 5.89. The molecule has 1 N–H and O–H groups in total. The van der Waals surface area contributed by atoms with E-state index in [0.29, 0.717) is 36.7 Å². The lowest BCUT2D eigenvalue weighted by Crippen LogP contribution is -2.12. The van der Waals surface area contributed by atoms with Crippen LogP contribution in [0.1, 0.15) is 19.8 Å². The van der Waals surface area contributed by atoms with Crippen molar-refractivity contribution in [2.45, 2.75) is 31.2 Å². The first-order valence-corrected chi connectivity index (χ1v) is 12.7. The number of ether oxygens (including phenoxy) is 1. The van der Waals surface area contributed by atoms with E-state index < -0.39 is 10.0 Å². The van der Waals surface area contributed by atoms with Crippen LogP contribution in [-0.4, -0.2) is 30.5 Å². The summed E-state index contributed by atoms with van der Waals surface area (Å²) in [6.45, 7) is 2.77. The van der Waals surface area contributed by atoms with Gasteiger partial charge in [0.1, 0.15) is 0 Å². The number of fused-ring (bicyclic) bond motifs is 1. The number of nitrogens with zero attached hydrogens (tertiary/aromatic N) is 2. The number of pyridine rings is 1. The lowest BCUT2D eigenvalue weighted by atomic mass is 10.1. The van der Waals surface area contributed by atoms with Gasteiger partial charge < -0.3 is 9.30 Å². The number of nitrogens with one attached hydrogen (secondary N) is 1. The number of aryl methyl sites for hydroxylation is 1. The van der Waals surface area contributed by atoms with Crippen molar-refractivity contribution in [3.8, 4) is 11.1 Å². The third-order valence-electron chi connectivity index (χ3n) is 5.32. The minimum Gasteiger partial charge on any atom is -0.466 e. The number of rotatable bonds is 9. The third-order valence-corrected chi connectivity index (χ3v) is 6.96. The predicted octanol–water partition coefficient (Wildman–Crippen LogP) is 5.50. The molecule has 0 aliphatic heterocycles. The largest absolute Gasteiger partial charge is 0.466 e. The van der Waals surface area contributed by atoms with Gasteiger partial charge in [0.25, 0.3) is 10.0 Å². The van der Waals surface area contributed by atoms with Gasteiger partial charge in [0.15, 0.2) is 0 Å². The maximum atomic E-state index is 12.9. The molecular weight excluding hydrogens is 474 g/mol. The van der Waals surface area contributed by atoms with Crippen molar-refractivity contribution in [3.63, 3.8) is 0 Å². The molecule has 9 heteroatoms. The average molecular weight is 498 g/mol. The Hall–Kier alpha value is -3.36. The number of esters is 1. The van der Waals surface area contributed by atoms with Crippen LogP contribution < -0.4 is 4.72 Å². The van der Waals surface area contributed by atoms with Crippen LogP contribution in [0.2, 0.25) is 5.02 Å². The number of halogens is 1. The fourth-order valence-corrected chi connectivity index (χ4v) is 4.93. The van der Waals surface area contributed by atoms with Crippen LogP contribution in [0.15, 0.2) is 78.1 Å². The Morgan fingerprint density at radius 3 is 2.65 bits per heavy atom. The molecule has 0 unspecified atom stereocenters. The monoisotopic (exact) mass is 497 g/mol. The molecule has 34 heavy (non-hydrogen) atoms. The molecule has 0 atom stereocenters. The molecule has 0 saturated heterocycles. The molecule has 0 amide bonds. The van der Waals surface area contributed by atoms with Crippen LogP contribution in [0.5, 0.6) is 0 Å². The van der Waals surface area contributed by atoms with E-state index in [-0.39, 0.29) is 10.9 Å². The van der Waals surface area contributed by atoms with Crippen LogP contribution >= 0.6 is 11.6 Å². The number of aromatic nitrogens is 2. The SMILES string of the molecule is CCOC(=O)CCCn1cc(-c2cccnc2)c2cc(NS(=O)(=O)c3ccc(Cl)cc3)ccc21. The summed E-state index contributed by atoms with van der Waals surface area (Å²) in [4.78, 5) is 16.1. The normalized spacial score (nSPS) is 11.5. The molecule has 176 valence electrons. The first-order chi connectivity index (χ1) is 16.4. The van der Waals surface area contributed by atoms with Crippen molar-refractivity contribution in [2.24, 2.45) is 0 Å². The first kappa shape index (κ1) is 23.8. The Kier molecular flexibility index (Phi) is 7.19. The molecule has 0 radical (unpaired) electrons. The highest BCUT2D eigenvalue weighted by atomic mass is 35.5. The third kappa shape index (κ3) is 5.40. The van der Waals surface area contributed by atoms with E-state index >= 15 is 0 Å². The van der Waals surface area contributed by atoms with E-state index in [1.807, 2.05) is 30.5 Å². The second kappa shape index (κ2) is 10.3. The lowest BCUT2D eigenvalue weighted by molar-refractivity contribution is -0.143. The molecule has 2 aromatic heterocycles. The molecule has 2 heterocycles. The van der Waals surface area contributed by atoms with Gasteiger partial charge in [0.05, 0.1) is 11.5 Å². The number of hydrogen-bond acceptors (Lipinski definition) is 5. The summed E-state index contributed by atoms with van der Waals surface area (Å²) in [6, 6.07) is 15.2. The van der Waals surface area contributed by atoms with E-state index in [0.717, 1.165) is 22.0 Å². The van der Waals surface area contributed by atoms with Crippen LogP contribution in [0, 0.1) is 0 Å². The molecule has 7 nitrogen and oxygen atoms in total. The molecule has 0 fully saturated rings. The Morgan fingerprint density at radius 1 is 1.15 bits per heavy atom. The van der Waals surface area contributed by atoms with Gasteiger partial charge in [0, 0.05) is 64.3 Å². The lowest BCUT2D eigenvalue weighted by Gasteiger charge is -2.10. The maximum absolute atomic E-state index is 12.9.